The number of carbonyl (C=O) groups is 1. The fourth-order valence-corrected chi connectivity index (χ4v) is 2.15. The molecule has 0 bridgehead atoms. The minimum Gasteiger partial charge on any atom is -0.368 e. The Bertz CT molecular complexity index is 405. The van der Waals surface area contributed by atoms with Gasteiger partial charge in [-0.3, -0.25) is 4.79 Å². The summed E-state index contributed by atoms with van der Waals surface area (Å²) >= 11 is 0. The van der Waals surface area contributed by atoms with Crippen molar-refractivity contribution >= 4 is 5.91 Å². The summed E-state index contributed by atoms with van der Waals surface area (Å²) < 4.78 is 10.6. The van der Waals surface area contributed by atoms with Gasteiger partial charge in [0.2, 0.25) is 5.91 Å². The molecular weight excluding hydrogens is 246 g/mol. The maximum absolute atomic E-state index is 11.7. The van der Waals surface area contributed by atoms with Crippen LogP contribution in [0.1, 0.15) is 29.9 Å². The molecule has 0 spiro atoms. The first-order chi connectivity index (χ1) is 9.16. The quantitative estimate of drug-likeness (QED) is 0.820. The molecule has 0 aliphatic carbocycles. The Morgan fingerprint density at radius 2 is 2.21 bits per heavy atom. The summed E-state index contributed by atoms with van der Waals surface area (Å²) in [7, 11) is 0. The van der Waals surface area contributed by atoms with Gasteiger partial charge in [-0.15, -0.1) is 0 Å². The van der Waals surface area contributed by atoms with E-state index in [1.807, 2.05) is 13.8 Å². The number of aromatic nitrogens is 1. The van der Waals surface area contributed by atoms with Gasteiger partial charge in [0.15, 0.2) is 0 Å². The molecule has 106 valence electrons. The molecule has 0 aromatic carbocycles. The Labute approximate surface area is 112 Å². The number of amides is 1. The van der Waals surface area contributed by atoms with Crippen molar-refractivity contribution in [3.63, 3.8) is 0 Å². The topological polar surface area (TPSA) is 76.4 Å². The Hall–Kier alpha value is -1.40. The molecule has 1 amide bonds. The van der Waals surface area contributed by atoms with Crippen LogP contribution in [0.4, 0.5) is 0 Å². The van der Waals surface area contributed by atoms with Crippen LogP contribution >= 0.6 is 0 Å². The van der Waals surface area contributed by atoms with E-state index in [0.717, 1.165) is 42.9 Å². The molecule has 1 aliphatic heterocycles. The van der Waals surface area contributed by atoms with E-state index in [4.69, 9.17) is 9.26 Å². The van der Waals surface area contributed by atoms with Gasteiger partial charge in [0, 0.05) is 12.1 Å². The molecule has 1 saturated heterocycles. The second kappa shape index (κ2) is 6.68. The third-order valence-electron chi connectivity index (χ3n) is 3.38. The number of rotatable bonds is 5. The molecule has 1 aromatic rings. The van der Waals surface area contributed by atoms with Gasteiger partial charge < -0.3 is 19.9 Å². The lowest BCUT2D eigenvalue weighted by Gasteiger charge is -2.22. The molecular formula is C13H21N3O3. The van der Waals surface area contributed by atoms with Gasteiger partial charge in [-0.05, 0) is 39.8 Å². The zero-order chi connectivity index (χ0) is 13.7. The Morgan fingerprint density at radius 3 is 2.84 bits per heavy atom. The summed E-state index contributed by atoms with van der Waals surface area (Å²) in [6.07, 6.45) is 2.14. The number of ether oxygens (including phenoxy) is 1. The molecule has 2 rings (SSSR count). The Morgan fingerprint density at radius 1 is 1.47 bits per heavy atom. The number of carbonyl (C=O) groups excluding carboxylic acids is 1. The number of hydrogen-bond donors (Lipinski definition) is 2. The fourth-order valence-electron chi connectivity index (χ4n) is 2.15. The molecule has 0 atom stereocenters. The molecule has 1 fully saturated rings. The van der Waals surface area contributed by atoms with Crippen LogP contribution in [0.2, 0.25) is 0 Å². The maximum atomic E-state index is 11.7. The second-order valence-corrected chi connectivity index (χ2v) is 4.84. The molecule has 0 unspecified atom stereocenters. The van der Waals surface area contributed by atoms with Gasteiger partial charge in [0.05, 0.1) is 11.8 Å². The number of nitrogens with zero attached hydrogens (tertiary/aromatic N) is 1. The number of piperidine rings is 1. The highest BCUT2D eigenvalue weighted by atomic mass is 16.5. The van der Waals surface area contributed by atoms with Crippen LogP contribution in [0, 0.1) is 13.8 Å². The van der Waals surface area contributed by atoms with Gasteiger partial charge in [0.1, 0.15) is 12.4 Å². The van der Waals surface area contributed by atoms with Crippen molar-refractivity contribution in [2.75, 3.05) is 19.7 Å². The maximum Gasteiger partial charge on any atom is 0.246 e. The average molecular weight is 267 g/mol. The highest BCUT2D eigenvalue weighted by Crippen LogP contribution is 2.11. The lowest BCUT2D eigenvalue weighted by Crippen LogP contribution is -2.35. The normalized spacial score (nSPS) is 16.5. The first kappa shape index (κ1) is 14.0. The highest BCUT2D eigenvalue weighted by molar-refractivity contribution is 5.77. The van der Waals surface area contributed by atoms with E-state index in [0.29, 0.717) is 6.54 Å². The molecule has 19 heavy (non-hydrogen) atoms. The van der Waals surface area contributed by atoms with Crippen LogP contribution in [-0.2, 0) is 16.1 Å². The summed E-state index contributed by atoms with van der Waals surface area (Å²) in [5, 5.41) is 9.94. The van der Waals surface area contributed by atoms with Gasteiger partial charge in [-0.2, -0.15) is 0 Å². The molecule has 1 aromatic heterocycles. The molecule has 6 nitrogen and oxygen atoms in total. The Balaban J connectivity index is 1.69. The van der Waals surface area contributed by atoms with Crippen molar-refractivity contribution in [3.8, 4) is 0 Å². The minimum absolute atomic E-state index is 0.0986. The van der Waals surface area contributed by atoms with E-state index >= 15 is 0 Å². The Kier molecular flexibility index (Phi) is 4.93. The van der Waals surface area contributed by atoms with Gasteiger partial charge >= 0.3 is 0 Å². The predicted molar refractivity (Wildman–Crippen MR) is 69.7 cm³/mol. The number of nitrogens with one attached hydrogen (secondary N) is 2. The standard InChI is InChI=1S/C13H21N3O3/c1-9-12(10(2)19-16-9)7-15-13(17)8-18-11-3-5-14-6-4-11/h11,14H,3-8H2,1-2H3,(H,15,17). The van der Waals surface area contributed by atoms with E-state index in [1.165, 1.54) is 0 Å². The van der Waals surface area contributed by atoms with E-state index in [-0.39, 0.29) is 18.6 Å². The molecule has 0 saturated carbocycles. The van der Waals surface area contributed by atoms with Crippen molar-refractivity contribution in [3.05, 3.63) is 17.0 Å². The summed E-state index contributed by atoms with van der Waals surface area (Å²) in [5.74, 6) is 0.649. The van der Waals surface area contributed by atoms with E-state index in [2.05, 4.69) is 15.8 Å². The highest BCUT2D eigenvalue weighted by Gasteiger charge is 2.15. The van der Waals surface area contributed by atoms with Crippen molar-refractivity contribution in [1.82, 2.24) is 15.8 Å². The van der Waals surface area contributed by atoms with Gasteiger partial charge in [-0.25, -0.2) is 0 Å². The SMILES string of the molecule is Cc1noc(C)c1CNC(=O)COC1CCNCC1. The smallest absolute Gasteiger partial charge is 0.246 e. The third-order valence-corrected chi connectivity index (χ3v) is 3.38. The van der Waals surface area contributed by atoms with Gasteiger partial charge in [0.25, 0.3) is 0 Å². The molecule has 2 N–H and O–H groups in total. The van der Waals surface area contributed by atoms with E-state index < -0.39 is 0 Å². The zero-order valence-corrected chi connectivity index (χ0v) is 11.5. The summed E-state index contributed by atoms with van der Waals surface area (Å²) in [5.41, 5.74) is 1.76. The minimum atomic E-state index is -0.0986. The van der Waals surface area contributed by atoms with E-state index in [9.17, 15) is 4.79 Å². The summed E-state index contributed by atoms with van der Waals surface area (Å²) in [6, 6.07) is 0. The fraction of sp³-hybridized carbons (Fsp3) is 0.692. The van der Waals surface area contributed by atoms with Crippen LogP contribution in [0.25, 0.3) is 0 Å². The van der Waals surface area contributed by atoms with Gasteiger partial charge in [-0.1, -0.05) is 5.16 Å². The first-order valence-corrected chi connectivity index (χ1v) is 6.67. The van der Waals surface area contributed by atoms with Crippen molar-refractivity contribution in [1.29, 1.82) is 0 Å². The molecule has 0 radical (unpaired) electrons. The second-order valence-electron chi connectivity index (χ2n) is 4.84. The monoisotopic (exact) mass is 267 g/mol. The predicted octanol–water partition coefficient (Wildman–Crippen LogP) is 0.676. The van der Waals surface area contributed by atoms with Crippen LogP contribution < -0.4 is 10.6 Å². The van der Waals surface area contributed by atoms with Crippen molar-refractivity contribution in [2.24, 2.45) is 0 Å². The average Bonchev–Trinajstić information content (AvgIpc) is 2.75. The number of hydrogen-bond acceptors (Lipinski definition) is 5. The summed E-state index contributed by atoms with van der Waals surface area (Å²) in [4.78, 5) is 11.7. The molecule has 2 heterocycles. The van der Waals surface area contributed by atoms with Crippen LogP contribution in [0.5, 0.6) is 0 Å². The van der Waals surface area contributed by atoms with Crippen molar-refractivity contribution in [2.45, 2.75) is 39.3 Å². The van der Waals surface area contributed by atoms with E-state index in [1.54, 1.807) is 0 Å². The van der Waals surface area contributed by atoms with Crippen LogP contribution in [-0.4, -0.2) is 36.9 Å². The zero-order valence-electron chi connectivity index (χ0n) is 11.5. The lowest BCUT2D eigenvalue weighted by molar-refractivity contribution is -0.128. The lowest BCUT2D eigenvalue weighted by atomic mass is 10.1. The third kappa shape index (κ3) is 4.04. The van der Waals surface area contributed by atoms with Crippen LogP contribution in [0.15, 0.2) is 4.52 Å². The largest absolute Gasteiger partial charge is 0.368 e. The summed E-state index contributed by atoms with van der Waals surface area (Å²) in [6.45, 7) is 6.19. The van der Waals surface area contributed by atoms with Crippen LogP contribution in [0.3, 0.4) is 0 Å². The molecule has 6 heteroatoms. The first-order valence-electron chi connectivity index (χ1n) is 6.67. The molecule has 1 aliphatic rings. The number of aryl methyl sites for hydroxylation is 2. The van der Waals surface area contributed by atoms with Crippen molar-refractivity contribution < 1.29 is 14.1 Å².